The van der Waals surface area contributed by atoms with E-state index in [1.165, 1.54) is 12.4 Å². The maximum Gasteiger partial charge on any atom is 0.258 e. The molecule has 0 aliphatic heterocycles. The molecule has 2 rings (SSSR count). The second-order valence-electron chi connectivity index (χ2n) is 5.45. The lowest BCUT2D eigenvalue weighted by Gasteiger charge is -2.11. The Labute approximate surface area is 147 Å². The van der Waals surface area contributed by atoms with Gasteiger partial charge in [0.15, 0.2) is 0 Å². The molecule has 0 atom stereocenters. The summed E-state index contributed by atoms with van der Waals surface area (Å²) in [6.07, 6.45) is 6.39. The van der Waals surface area contributed by atoms with Crippen molar-refractivity contribution in [3.63, 3.8) is 0 Å². The number of hydrogen-bond donors (Lipinski definition) is 2. The number of carbonyl (C=O) groups is 1. The zero-order chi connectivity index (χ0) is 18.1. The van der Waals surface area contributed by atoms with Gasteiger partial charge in [-0.2, -0.15) is 0 Å². The van der Waals surface area contributed by atoms with Gasteiger partial charge in [-0.25, -0.2) is 9.97 Å². The quantitative estimate of drug-likeness (QED) is 0.679. The molecule has 0 saturated carbocycles. The molecule has 0 spiro atoms. The molecule has 1 amide bonds. The molecule has 0 saturated heterocycles. The average molecular weight is 344 g/mol. The van der Waals surface area contributed by atoms with Gasteiger partial charge in [0.25, 0.3) is 5.91 Å². The lowest BCUT2D eigenvalue weighted by molar-refractivity contribution is 0.102. The minimum Gasteiger partial charge on any atom is -0.497 e. The maximum absolute atomic E-state index is 12.4. The highest BCUT2D eigenvalue weighted by atomic mass is 16.5. The highest BCUT2D eigenvalue weighted by molar-refractivity contribution is 6.04. The maximum atomic E-state index is 12.4. The van der Waals surface area contributed by atoms with E-state index in [-0.39, 0.29) is 5.91 Å². The number of nitrogens with zero attached hydrogens (tertiary/aromatic N) is 2. The zero-order valence-corrected chi connectivity index (χ0v) is 14.8. The van der Waals surface area contributed by atoms with Gasteiger partial charge in [0.05, 0.1) is 25.5 Å². The molecule has 0 bridgehead atoms. The van der Waals surface area contributed by atoms with Crippen molar-refractivity contribution < 1.29 is 14.3 Å². The van der Waals surface area contributed by atoms with Crippen molar-refractivity contribution >= 4 is 17.5 Å². The van der Waals surface area contributed by atoms with E-state index in [1.54, 1.807) is 32.4 Å². The fourth-order valence-electron chi connectivity index (χ4n) is 2.22. The largest absolute Gasteiger partial charge is 0.497 e. The van der Waals surface area contributed by atoms with Crippen LogP contribution < -0.4 is 20.1 Å². The van der Waals surface area contributed by atoms with Crippen molar-refractivity contribution in [2.24, 2.45) is 0 Å². The van der Waals surface area contributed by atoms with Crippen LogP contribution in [0.15, 0.2) is 30.6 Å². The van der Waals surface area contributed by atoms with E-state index in [1.807, 2.05) is 0 Å². The van der Waals surface area contributed by atoms with E-state index in [0.717, 1.165) is 25.8 Å². The summed E-state index contributed by atoms with van der Waals surface area (Å²) in [5.41, 5.74) is 0.887. The number of unbranched alkanes of at least 4 members (excludes halogenated alkanes) is 2. The number of rotatable bonds is 9. The molecular formula is C18H24N4O3. The number of hydrogen-bond acceptors (Lipinski definition) is 6. The van der Waals surface area contributed by atoms with Crippen molar-refractivity contribution in [3.8, 4) is 11.5 Å². The van der Waals surface area contributed by atoms with Crippen molar-refractivity contribution in [1.82, 2.24) is 9.97 Å². The standard InChI is InChI=1S/C18H24N4O3/c1-4-5-6-9-19-18-20-11-13(12-21-18)17(23)22-15-10-14(24-2)7-8-16(15)25-3/h7-8,10-12H,4-6,9H2,1-3H3,(H,22,23)(H,19,20,21). The number of benzene rings is 1. The lowest BCUT2D eigenvalue weighted by atomic mass is 10.2. The smallest absolute Gasteiger partial charge is 0.258 e. The minimum atomic E-state index is -0.316. The Morgan fingerprint density at radius 2 is 1.88 bits per heavy atom. The van der Waals surface area contributed by atoms with Gasteiger partial charge >= 0.3 is 0 Å². The van der Waals surface area contributed by atoms with E-state index in [2.05, 4.69) is 27.5 Å². The van der Waals surface area contributed by atoms with Crippen molar-refractivity contribution in [3.05, 3.63) is 36.2 Å². The van der Waals surface area contributed by atoms with Crippen LogP contribution in [0.5, 0.6) is 11.5 Å². The predicted molar refractivity (Wildman–Crippen MR) is 97.5 cm³/mol. The highest BCUT2D eigenvalue weighted by Crippen LogP contribution is 2.29. The highest BCUT2D eigenvalue weighted by Gasteiger charge is 2.12. The molecule has 7 heteroatoms. The summed E-state index contributed by atoms with van der Waals surface area (Å²) in [7, 11) is 3.10. The molecule has 1 aromatic carbocycles. The number of ether oxygens (including phenoxy) is 2. The van der Waals surface area contributed by atoms with Crippen LogP contribution in [-0.4, -0.2) is 36.6 Å². The van der Waals surface area contributed by atoms with Crippen molar-refractivity contribution in [2.45, 2.75) is 26.2 Å². The van der Waals surface area contributed by atoms with Crippen LogP contribution in [0, 0.1) is 0 Å². The molecule has 134 valence electrons. The first kappa shape index (κ1) is 18.5. The molecule has 2 N–H and O–H groups in total. The van der Waals surface area contributed by atoms with Crippen LogP contribution in [-0.2, 0) is 0 Å². The van der Waals surface area contributed by atoms with Crippen molar-refractivity contribution in [2.75, 3.05) is 31.4 Å². The topological polar surface area (TPSA) is 85.4 Å². The summed E-state index contributed by atoms with van der Waals surface area (Å²) in [6.45, 7) is 2.97. The molecule has 1 heterocycles. The molecule has 7 nitrogen and oxygen atoms in total. The Morgan fingerprint density at radius 3 is 2.52 bits per heavy atom. The van der Waals surface area contributed by atoms with Crippen molar-refractivity contribution in [1.29, 1.82) is 0 Å². The number of carbonyl (C=O) groups excluding carboxylic acids is 1. The Bertz CT molecular complexity index is 689. The lowest BCUT2D eigenvalue weighted by Crippen LogP contribution is -2.14. The summed E-state index contributed by atoms with van der Waals surface area (Å²) in [5.74, 6) is 1.37. The average Bonchev–Trinajstić information content (AvgIpc) is 2.65. The number of anilines is 2. The number of methoxy groups -OCH3 is 2. The summed E-state index contributed by atoms with van der Waals surface area (Å²) in [6, 6.07) is 5.19. The van der Waals surface area contributed by atoms with E-state index in [0.29, 0.717) is 28.7 Å². The van der Waals surface area contributed by atoms with E-state index >= 15 is 0 Å². The molecule has 0 fully saturated rings. The van der Waals surface area contributed by atoms with E-state index in [9.17, 15) is 4.79 Å². The van der Waals surface area contributed by atoms with Gasteiger partial charge in [0.1, 0.15) is 11.5 Å². The van der Waals surface area contributed by atoms with Crippen LogP contribution in [0.1, 0.15) is 36.5 Å². The fraction of sp³-hybridized carbons (Fsp3) is 0.389. The molecule has 0 radical (unpaired) electrons. The minimum absolute atomic E-state index is 0.316. The van der Waals surface area contributed by atoms with Gasteiger partial charge in [-0.05, 0) is 18.6 Å². The monoisotopic (exact) mass is 344 g/mol. The number of aromatic nitrogens is 2. The number of nitrogens with one attached hydrogen (secondary N) is 2. The Kier molecular flexibility index (Phi) is 7.00. The molecular weight excluding hydrogens is 320 g/mol. The predicted octanol–water partition coefficient (Wildman–Crippen LogP) is 3.35. The van der Waals surface area contributed by atoms with Gasteiger partial charge < -0.3 is 20.1 Å². The molecule has 1 aromatic heterocycles. The molecule has 2 aromatic rings. The SMILES string of the molecule is CCCCCNc1ncc(C(=O)Nc2cc(OC)ccc2OC)cn1. The summed E-state index contributed by atoms with van der Waals surface area (Å²) in [5, 5.41) is 5.93. The second kappa shape index (κ2) is 9.46. The van der Waals surface area contributed by atoms with Gasteiger partial charge in [-0.1, -0.05) is 19.8 Å². The molecule has 0 aliphatic carbocycles. The van der Waals surface area contributed by atoms with Crippen LogP contribution in [0.3, 0.4) is 0 Å². The third kappa shape index (κ3) is 5.34. The van der Waals surface area contributed by atoms with Gasteiger partial charge in [0.2, 0.25) is 5.95 Å². The van der Waals surface area contributed by atoms with Gasteiger partial charge in [-0.3, -0.25) is 4.79 Å². The first-order chi connectivity index (χ1) is 12.2. The summed E-state index contributed by atoms with van der Waals surface area (Å²) >= 11 is 0. The van der Waals surface area contributed by atoms with Crippen LogP contribution >= 0.6 is 0 Å². The fourth-order valence-corrected chi connectivity index (χ4v) is 2.22. The Hall–Kier alpha value is -2.83. The van der Waals surface area contributed by atoms with Gasteiger partial charge in [-0.15, -0.1) is 0 Å². The first-order valence-electron chi connectivity index (χ1n) is 8.27. The van der Waals surface area contributed by atoms with Gasteiger partial charge in [0, 0.05) is 25.0 Å². The molecule has 25 heavy (non-hydrogen) atoms. The summed E-state index contributed by atoms with van der Waals surface area (Å²) in [4.78, 5) is 20.7. The Morgan fingerprint density at radius 1 is 1.12 bits per heavy atom. The normalized spacial score (nSPS) is 10.2. The third-order valence-electron chi connectivity index (χ3n) is 3.63. The Balaban J connectivity index is 2.01. The molecule has 0 unspecified atom stereocenters. The van der Waals surface area contributed by atoms with Crippen LogP contribution in [0.2, 0.25) is 0 Å². The molecule has 0 aliphatic rings. The first-order valence-corrected chi connectivity index (χ1v) is 8.27. The second-order valence-corrected chi connectivity index (χ2v) is 5.45. The number of amides is 1. The zero-order valence-electron chi connectivity index (χ0n) is 14.8. The summed E-state index contributed by atoms with van der Waals surface area (Å²) < 4.78 is 10.4. The van der Waals surface area contributed by atoms with Crippen LogP contribution in [0.4, 0.5) is 11.6 Å². The van der Waals surface area contributed by atoms with E-state index in [4.69, 9.17) is 9.47 Å². The van der Waals surface area contributed by atoms with Crippen LogP contribution in [0.25, 0.3) is 0 Å². The third-order valence-corrected chi connectivity index (χ3v) is 3.63. The van der Waals surface area contributed by atoms with E-state index < -0.39 is 0 Å².